The van der Waals surface area contributed by atoms with E-state index in [1.807, 2.05) is 62.5 Å². The summed E-state index contributed by atoms with van der Waals surface area (Å²) in [6.07, 6.45) is 1.84. The van der Waals surface area contributed by atoms with E-state index in [9.17, 15) is 9.90 Å². The summed E-state index contributed by atoms with van der Waals surface area (Å²) >= 11 is 6.21. The number of pyridine rings is 1. The minimum Gasteiger partial charge on any atom is -0.389 e. The minimum absolute atomic E-state index is 0.0472. The first kappa shape index (κ1) is 26.2. The predicted octanol–water partition coefficient (Wildman–Crippen LogP) is 4.15. The number of aryl methyl sites for hydroxylation is 1. The summed E-state index contributed by atoms with van der Waals surface area (Å²) in [6.45, 7) is 8.12. The van der Waals surface area contributed by atoms with Crippen LogP contribution in [0.3, 0.4) is 0 Å². The number of nitrogens with one attached hydrogen (secondary N) is 1. The first-order valence-corrected chi connectivity index (χ1v) is 13.2. The molecule has 2 N–H and O–H groups in total. The molecule has 0 bridgehead atoms. The molecule has 0 atom stereocenters. The third kappa shape index (κ3) is 6.15. The number of β-amino-alcohol motifs (C(OH)–C–C–N with tert-alkyl or cyclic N) is 1. The van der Waals surface area contributed by atoms with E-state index in [0.717, 1.165) is 59.6 Å². The lowest BCUT2D eigenvalue weighted by atomic mass is 10.0. The van der Waals surface area contributed by atoms with Gasteiger partial charge >= 0.3 is 0 Å². The average Bonchev–Trinajstić information content (AvgIpc) is 2.88. The lowest BCUT2D eigenvalue weighted by Crippen LogP contribution is -2.50. The Balaban J connectivity index is 1.48. The molecular formula is C29H33ClN6O2. The van der Waals surface area contributed by atoms with Gasteiger partial charge in [0.25, 0.3) is 0 Å². The summed E-state index contributed by atoms with van der Waals surface area (Å²) in [4.78, 5) is 26.3. The summed E-state index contributed by atoms with van der Waals surface area (Å²) in [5.74, 6) is 1.43. The number of benzene rings is 2. The average molecular weight is 533 g/mol. The molecule has 4 aromatic rings. The molecule has 0 saturated carbocycles. The topological polar surface area (TPSA) is 86.5 Å². The number of piperazine rings is 1. The number of anilines is 2. The number of rotatable bonds is 7. The summed E-state index contributed by atoms with van der Waals surface area (Å²) < 4.78 is 1.58. The number of nitrogens with zero attached hydrogens (tertiary/aromatic N) is 5. The molecule has 5 rings (SSSR count). The molecule has 198 valence electrons. The van der Waals surface area contributed by atoms with Crippen molar-refractivity contribution >= 4 is 34.3 Å². The van der Waals surface area contributed by atoms with Gasteiger partial charge in [-0.1, -0.05) is 29.8 Å². The van der Waals surface area contributed by atoms with E-state index in [1.165, 1.54) is 0 Å². The van der Waals surface area contributed by atoms with Gasteiger partial charge in [0.1, 0.15) is 5.82 Å². The largest absolute Gasteiger partial charge is 0.389 e. The van der Waals surface area contributed by atoms with Crippen molar-refractivity contribution in [3.63, 3.8) is 0 Å². The highest BCUT2D eigenvalue weighted by Crippen LogP contribution is 2.30. The highest BCUT2D eigenvalue weighted by molar-refractivity contribution is 6.30. The van der Waals surface area contributed by atoms with E-state index in [-0.39, 0.29) is 5.56 Å². The van der Waals surface area contributed by atoms with Crippen molar-refractivity contribution in [1.82, 2.24) is 19.4 Å². The summed E-state index contributed by atoms with van der Waals surface area (Å²) in [7, 11) is 1.75. The summed E-state index contributed by atoms with van der Waals surface area (Å²) in [5, 5.41) is 15.3. The minimum atomic E-state index is -0.720. The van der Waals surface area contributed by atoms with Gasteiger partial charge in [-0.3, -0.25) is 9.69 Å². The van der Waals surface area contributed by atoms with Gasteiger partial charge in [0.2, 0.25) is 11.5 Å². The fourth-order valence-corrected chi connectivity index (χ4v) is 5.04. The Bertz CT molecular complexity index is 1510. The van der Waals surface area contributed by atoms with Crippen LogP contribution in [0.5, 0.6) is 0 Å². The fourth-order valence-electron chi connectivity index (χ4n) is 4.82. The standard InChI is InChI=1S/C29H33ClN6O2/c1-29(2,38)19-35-11-13-36(14-12-35)28-32-25-9-7-21(22-8-10-26(37)34(3)18-22)16-24(25)27(33-28)31-17-20-5-4-6-23(30)15-20/h4-10,15-16,18,38H,11-14,17,19H2,1-3H3,(H,31,32,33). The molecule has 1 aliphatic rings. The predicted molar refractivity (Wildman–Crippen MR) is 154 cm³/mol. The molecule has 1 fully saturated rings. The third-order valence-corrected chi connectivity index (χ3v) is 6.95. The number of halogens is 1. The van der Waals surface area contributed by atoms with Crippen molar-refractivity contribution in [3.05, 3.63) is 81.7 Å². The Morgan fingerprint density at radius 2 is 1.76 bits per heavy atom. The van der Waals surface area contributed by atoms with Crippen molar-refractivity contribution in [2.24, 2.45) is 7.05 Å². The first-order valence-electron chi connectivity index (χ1n) is 12.8. The van der Waals surface area contributed by atoms with Gasteiger partial charge in [0.05, 0.1) is 11.1 Å². The van der Waals surface area contributed by atoms with Crippen LogP contribution < -0.4 is 15.8 Å². The van der Waals surface area contributed by atoms with E-state index >= 15 is 0 Å². The van der Waals surface area contributed by atoms with Crippen LogP contribution >= 0.6 is 11.6 Å². The molecule has 9 heteroatoms. The highest BCUT2D eigenvalue weighted by Gasteiger charge is 2.24. The third-order valence-electron chi connectivity index (χ3n) is 6.72. The molecule has 2 aromatic heterocycles. The normalized spacial score (nSPS) is 14.7. The van der Waals surface area contributed by atoms with Gasteiger partial charge in [-0.25, -0.2) is 4.98 Å². The molecule has 8 nitrogen and oxygen atoms in total. The molecule has 0 radical (unpaired) electrons. The van der Waals surface area contributed by atoms with Gasteiger partial charge in [0, 0.05) is 69.0 Å². The Morgan fingerprint density at radius 3 is 2.47 bits per heavy atom. The SMILES string of the molecule is Cn1cc(-c2ccc3nc(N4CCN(CC(C)(C)O)CC4)nc(NCc4cccc(Cl)c4)c3c2)ccc1=O. The number of aliphatic hydroxyl groups is 1. The van der Waals surface area contributed by atoms with Gasteiger partial charge in [-0.15, -0.1) is 0 Å². The molecule has 3 heterocycles. The van der Waals surface area contributed by atoms with Crippen molar-refractivity contribution < 1.29 is 5.11 Å². The number of fused-ring (bicyclic) bond motifs is 1. The van der Waals surface area contributed by atoms with Crippen LogP contribution in [0.15, 0.2) is 65.6 Å². The lowest BCUT2D eigenvalue weighted by molar-refractivity contribution is 0.0344. The van der Waals surface area contributed by atoms with Crippen LogP contribution in [0.1, 0.15) is 19.4 Å². The molecule has 1 aliphatic heterocycles. The summed E-state index contributed by atoms with van der Waals surface area (Å²) in [5.41, 5.74) is 3.06. The number of hydrogen-bond donors (Lipinski definition) is 2. The van der Waals surface area contributed by atoms with Crippen LogP contribution in [0, 0.1) is 0 Å². The second-order valence-electron chi connectivity index (χ2n) is 10.5. The molecule has 2 aromatic carbocycles. The van der Waals surface area contributed by atoms with Gasteiger partial charge < -0.3 is 19.9 Å². The molecule has 1 saturated heterocycles. The van der Waals surface area contributed by atoms with Crippen LogP contribution in [0.25, 0.3) is 22.0 Å². The van der Waals surface area contributed by atoms with Gasteiger partial charge in [-0.05, 0) is 60.9 Å². The van der Waals surface area contributed by atoms with Gasteiger partial charge in [-0.2, -0.15) is 4.98 Å². The molecule has 38 heavy (non-hydrogen) atoms. The van der Waals surface area contributed by atoms with E-state index in [1.54, 1.807) is 17.7 Å². The maximum Gasteiger partial charge on any atom is 0.250 e. The van der Waals surface area contributed by atoms with Crippen LogP contribution in [0.2, 0.25) is 5.02 Å². The Morgan fingerprint density at radius 1 is 1.00 bits per heavy atom. The number of hydrogen-bond acceptors (Lipinski definition) is 7. The maximum atomic E-state index is 11.9. The van der Waals surface area contributed by atoms with E-state index < -0.39 is 5.60 Å². The van der Waals surface area contributed by atoms with Crippen LogP contribution in [-0.2, 0) is 13.6 Å². The molecular weight excluding hydrogens is 500 g/mol. The van der Waals surface area contributed by atoms with Gasteiger partial charge in [0.15, 0.2) is 0 Å². The summed E-state index contributed by atoms with van der Waals surface area (Å²) in [6, 6.07) is 17.3. The molecule has 0 unspecified atom stereocenters. The second kappa shape index (κ2) is 10.7. The molecule has 0 amide bonds. The maximum absolute atomic E-state index is 11.9. The van der Waals surface area contributed by atoms with E-state index in [4.69, 9.17) is 21.6 Å². The fraction of sp³-hybridized carbons (Fsp3) is 0.345. The van der Waals surface area contributed by atoms with E-state index in [0.29, 0.717) is 24.1 Å². The van der Waals surface area contributed by atoms with Crippen molar-refractivity contribution in [3.8, 4) is 11.1 Å². The molecule has 0 spiro atoms. The Labute approximate surface area is 227 Å². The smallest absolute Gasteiger partial charge is 0.250 e. The van der Waals surface area contributed by atoms with Crippen molar-refractivity contribution in [2.45, 2.75) is 26.0 Å². The zero-order chi connectivity index (χ0) is 26.9. The second-order valence-corrected chi connectivity index (χ2v) is 11.0. The zero-order valence-corrected chi connectivity index (χ0v) is 22.7. The first-order chi connectivity index (χ1) is 18.1. The van der Waals surface area contributed by atoms with Crippen molar-refractivity contribution in [2.75, 3.05) is 42.9 Å². The van der Waals surface area contributed by atoms with Crippen LogP contribution in [-0.4, -0.2) is 62.9 Å². The zero-order valence-electron chi connectivity index (χ0n) is 22.0. The lowest BCUT2D eigenvalue weighted by Gasteiger charge is -2.37. The quantitative estimate of drug-likeness (QED) is 0.370. The Hall–Kier alpha value is -3.46. The Kier molecular flexibility index (Phi) is 7.38. The van der Waals surface area contributed by atoms with E-state index in [2.05, 4.69) is 21.2 Å². The number of aromatic nitrogens is 3. The highest BCUT2D eigenvalue weighted by atomic mass is 35.5. The van der Waals surface area contributed by atoms with Crippen LogP contribution in [0.4, 0.5) is 11.8 Å². The monoisotopic (exact) mass is 532 g/mol. The molecule has 0 aliphatic carbocycles. The van der Waals surface area contributed by atoms with Crippen molar-refractivity contribution in [1.29, 1.82) is 0 Å².